The zero-order valence-electron chi connectivity index (χ0n) is 9.73. The van der Waals surface area contributed by atoms with Crippen molar-refractivity contribution in [1.82, 2.24) is 5.32 Å². The van der Waals surface area contributed by atoms with Gasteiger partial charge in [-0.2, -0.15) is 12.6 Å². The molecule has 0 bridgehead atoms. The van der Waals surface area contributed by atoms with Gasteiger partial charge in [-0.1, -0.05) is 24.3 Å². The maximum atomic E-state index is 11.7. The number of benzene rings is 1. The summed E-state index contributed by atoms with van der Waals surface area (Å²) < 4.78 is 0. The van der Waals surface area contributed by atoms with E-state index < -0.39 is 0 Å². The third-order valence-electron chi connectivity index (χ3n) is 2.69. The summed E-state index contributed by atoms with van der Waals surface area (Å²) in [7, 11) is 0. The number of amides is 1. The minimum Gasteiger partial charge on any atom is -0.349 e. The van der Waals surface area contributed by atoms with Crippen LogP contribution in [0.5, 0.6) is 0 Å². The number of allylic oxidation sites excluding steroid dienone is 1. The Kier molecular flexibility index (Phi) is 4.26. The van der Waals surface area contributed by atoms with Crippen LogP contribution in [0.3, 0.4) is 0 Å². The van der Waals surface area contributed by atoms with Crippen molar-refractivity contribution in [3.63, 3.8) is 0 Å². The second-order valence-corrected chi connectivity index (χ2v) is 4.73. The second-order valence-electron chi connectivity index (χ2n) is 4.28. The lowest BCUT2D eigenvalue weighted by Gasteiger charge is -2.03. The Hall–Kier alpha value is -1.22. The van der Waals surface area contributed by atoms with E-state index in [2.05, 4.69) is 30.1 Å². The van der Waals surface area contributed by atoms with Gasteiger partial charge in [0.05, 0.1) is 0 Å². The third kappa shape index (κ3) is 3.93. The summed E-state index contributed by atoms with van der Waals surface area (Å²) in [6.07, 6.45) is 7.35. The Morgan fingerprint density at radius 3 is 2.65 bits per heavy atom. The highest BCUT2D eigenvalue weighted by Gasteiger charge is 2.23. The smallest absolute Gasteiger partial charge is 0.251 e. The molecule has 0 spiro atoms. The Labute approximate surface area is 108 Å². The normalized spacial score (nSPS) is 15.1. The van der Waals surface area contributed by atoms with Crippen molar-refractivity contribution in [2.24, 2.45) is 0 Å². The molecule has 1 aromatic carbocycles. The minimum atomic E-state index is 0.0402. The summed E-state index contributed by atoms with van der Waals surface area (Å²) in [5, 5.41) is 2.97. The Morgan fingerprint density at radius 2 is 2.06 bits per heavy atom. The van der Waals surface area contributed by atoms with E-state index in [4.69, 9.17) is 0 Å². The van der Waals surface area contributed by atoms with Crippen molar-refractivity contribution in [3.05, 3.63) is 41.5 Å². The van der Waals surface area contributed by atoms with E-state index in [-0.39, 0.29) is 5.91 Å². The van der Waals surface area contributed by atoms with Gasteiger partial charge in [0, 0.05) is 11.6 Å². The molecule has 17 heavy (non-hydrogen) atoms. The van der Waals surface area contributed by atoms with Gasteiger partial charge in [-0.15, -0.1) is 0 Å². The number of nitrogens with one attached hydrogen (secondary N) is 1. The van der Waals surface area contributed by atoms with Gasteiger partial charge < -0.3 is 5.32 Å². The van der Waals surface area contributed by atoms with Crippen LogP contribution < -0.4 is 5.32 Å². The van der Waals surface area contributed by atoms with Gasteiger partial charge >= 0.3 is 0 Å². The van der Waals surface area contributed by atoms with E-state index in [0.717, 1.165) is 36.1 Å². The van der Waals surface area contributed by atoms with Gasteiger partial charge in [-0.25, -0.2) is 0 Å². The van der Waals surface area contributed by atoms with Crippen molar-refractivity contribution >= 4 is 24.6 Å². The molecule has 1 saturated carbocycles. The molecule has 0 saturated heterocycles. The zero-order valence-corrected chi connectivity index (χ0v) is 10.6. The van der Waals surface area contributed by atoms with E-state index >= 15 is 0 Å². The Morgan fingerprint density at radius 1 is 1.35 bits per heavy atom. The van der Waals surface area contributed by atoms with E-state index in [0.29, 0.717) is 6.04 Å². The first-order valence-electron chi connectivity index (χ1n) is 5.98. The first-order chi connectivity index (χ1) is 8.29. The van der Waals surface area contributed by atoms with E-state index in [1.54, 1.807) is 0 Å². The molecule has 0 aromatic heterocycles. The summed E-state index contributed by atoms with van der Waals surface area (Å²) in [6.45, 7) is 0. The van der Waals surface area contributed by atoms with Crippen LogP contribution in [0, 0.1) is 0 Å². The number of hydrogen-bond acceptors (Lipinski definition) is 2. The monoisotopic (exact) mass is 247 g/mol. The predicted molar refractivity (Wildman–Crippen MR) is 74.4 cm³/mol. The molecule has 2 rings (SSSR count). The molecule has 0 atom stereocenters. The van der Waals surface area contributed by atoms with Gasteiger partial charge in [0.2, 0.25) is 0 Å². The molecule has 1 aromatic rings. The Bertz CT molecular complexity index is 407. The molecule has 1 N–H and O–H groups in total. The van der Waals surface area contributed by atoms with Gasteiger partial charge in [-0.3, -0.25) is 4.79 Å². The fraction of sp³-hybridized carbons (Fsp3) is 0.357. The largest absolute Gasteiger partial charge is 0.349 e. The fourth-order valence-corrected chi connectivity index (χ4v) is 1.69. The van der Waals surface area contributed by atoms with Gasteiger partial charge in [0.15, 0.2) is 0 Å². The molecule has 3 heteroatoms. The zero-order chi connectivity index (χ0) is 12.1. The van der Waals surface area contributed by atoms with Crippen molar-refractivity contribution in [2.75, 3.05) is 5.75 Å². The van der Waals surface area contributed by atoms with Gasteiger partial charge in [0.25, 0.3) is 5.91 Å². The maximum absolute atomic E-state index is 11.7. The highest BCUT2D eigenvalue weighted by Crippen LogP contribution is 2.19. The lowest BCUT2D eigenvalue weighted by atomic mass is 10.1. The highest BCUT2D eigenvalue weighted by atomic mass is 32.1. The summed E-state index contributed by atoms with van der Waals surface area (Å²) in [5.41, 5.74) is 1.86. The predicted octanol–water partition coefficient (Wildman–Crippen LogP) is 2.91. The van der Waals surface area contributed by atoms with Crippen molar-refractivity contribution < 1.29 is 4.79 Å². The SMILES string of the molecule is O=C(NC1CC1)c1ccc(C=CCCS)cc1. The molecular formula is C14H17NOS. The number of rotatable bonds is 5. The van der Waals surface area contributed by atoms with Crippen LogP contribution in [0.4, 0.5) is 0 Å². The first kappa shape index (κ1) is 12.2. The van der Waals surface area contributed by atoms with Crippen LogP contribution in [-0.2, 0) is 0 Å². The maximum Gasteiger partial charge on any atom is 0.251 e. The van der Waals surface area contributed by atoms with Crippen molar-refractivity contribution in [3.8, 4) is 0 Å². The first-order valence-corrected chi connectivity index (χ1v) is 6.61. The standard InChI is InChI=1S/C14H17NOS/c16-14(15-13-8-9-13)12-6-4-11(5-7-12)3-1-2-10-17/h1,3-7,13,17H,2,8-10H2,(H,15,16). The van der Waals surface area contributed by atoms with Crippen LogP contribution in [0.15, 0.2) is 30.3 Å². The molecule has 1 aliphatic rings. The average Bonchev–Trinajstić information content (AvgIpc) is 3.14. The van der Waals surface area contributed by atoms with Crippen LogP contribution in [-0.4, -0.2) is 17.7 Å². The van der Waals surface area contributed by atoms with Crippen molar-refractivity contribution in [2.45, 2.75) is 25.3 Å². The van der Waals surface area contributed by atoms with Crippen LogP contribution in [0.25, 0.3) is 6.08 Å². The van der Waals surface area contributed by atoms with Crippen LogP contribution >= 0.6 is 12.6 Å². The lowest BCUT2D eigenvalue weighted by Crippen LogP contribution is -2.25. The summed E-state index contributed by atoms with van der Waals surface area (Å²) in [5.74, 6) is 0.900. The third-order valence-corrected chi connectivity index (χ3v) is 2.95. The highest BCUT2D eigenvalue weighted by molar-refractivity contribution is 7.80. The molecule has 90 valence electrons. The average molecular weight is 247 g/mol. The lowest BCUT2D eigenvalue weighted by molar-refractivity contribution is 0.0951. The van der Waals surface area contributed by atoms with Crippen LogP contribution in [0.2, 0.25) is 0 Å². The number of carbonyl (C=O) groups is 1. The summed E-state index contributed by atoms with van der Waals surface area (Å²) in [6, 6.07) is 8.10. The molecule has 2 nitrogen and oxygen atoms in total. The van der Waals surface area contributed by atoms with E-state index in [1.165, 1.54) is 0 Å². The minimum absolute atomic E-state index is 0.0402. The molecule has 0 unspecified atom stereocenters. The van der Waals surface area contributed by atoms with Gasteiger partial charge in [-0.05, 0) is 42.7 Å². The summed E-state index contributed by atoms with van der Waals surface area (Å²) in [4.78, 5) is 11.7. The van der Waals surface area contributed by atoms with E-state index in [1.807, 2.05) is 24.3 Å². The molecular weight excluding hydrogens is 230 g/mol. The molecule has 1 aliphatic carbocycles. The number of thiol groups is 1. The quantitative estimate of drug-likeness (QED) is 0.770. The number of carbonyl (C=O) groups excluding carboxylic acids is 1. The molecule has 1 amide bonds. The molecule has 0 aliphatic heterocycles. The fourth-order valence-electron chi connectivity index (χ4n) is 1.54. The second kappa shape index (κ2) is 5.92. The van der Waals surface area contributed by atoms with E-state index in [9.17, 15) is 4.79 Å². The van der Waals surface area contributed by atoms with Crippen molar-refractivity contribution in [1.29, 1.82) is 0 Å². The molecule has 1 fully saturated rings. The Balaban J connectivity index is 1.94. The summed E-state index contributed by atoms with van der Waals surface area (Å²) >= 11 is 4.14. The molecule has 0 heterocycles. The van der Waals surface area contributed by atoms with Crippen LogP contribution in [0.1, 0.15) is 35.2 Å². The topological polar surface area (TPSA) is 29.1 Å². The number of hydrogen-bond donors (Lipinski definition) is 2. The van der Waals surface area contributed by atoms with Gasteiger partial charge in [0.1, 0.15) is 0 Å². The molecule has 0 radical (unpaired) electrons.